The van der Waals surface area contributed by atoms with Gasteiger partial charge in [0.1, 0.15) is 5.82 Å². The number of carbonyl (C=O) groups is 1. The second kappa shape index (κ2) is 8.81. The van der Waals surface area contributed by atoms with Crippen molar-refractivity contribution in [2.75, 3.05) is 18.4 Å². The molecule has 0 amide bonds. The topological polar surface area (TPSA) is 65.5 Å². The average molecular weight is 353 g/mol. The monoisotopic (exact) mass is 353 g/mol. The number of pyridine rings is 1. The van der Waals surface area contributed by atoms with E-state index in [1.54, 1.807) is 12.1 Å². The molecule has 1 fully saturated rings. The molecule has 138 valence electrons. The molecule has 2 aromatic rings. The van der Waals surface area contributed by atoms with E-state index in [2.05, 4.69) is 46.4 Å². The summed E-state index contributed by atoms with van der Waals surface area (Å²) < 4.78 is 0. The first-order chi connectivity index (χ1) is 12.6. The normalized spacial score (nSPS) is 17.8. The minimum Gasteiger partial charge on any atom is -0.478 e. The number of aromatic nitrogens is 1. The molecular formula is C21H27N3O2. The maximum atomic E-state index is 11.4. The summed E-state index contributed by atoms with van der Waals surface area (Å²) in [6.45, 7) is 5.06. The van der Waals surface area contributed by atoms with Gasteiger partial charge in [-0.3, -0.25) is 4.90 Å². The van der Waals surface area contributed by atoms with E-state index in [0.717, 1.165) is 51.0 Å². The summed E-state index contributed by atoms with van der Waals surface area (Å²) in [5.74, 6) is -0.220. The molecule has 5 heteroatoms. The Bertz CT molecular complexity index is 733. The predicted octanol–water partition coefficient (Wildman–Crippen LogP) is 3.81. The zero-order valence-corrected chi connectivity index (χ0v) is 15.3. The highest BCUT2D eigenvalue weighted by Gasteiger charge is 2.21. The van der Waals surface area contributed by atoms with Gasteiger partial charge < -0.3 is 10.4 Å². The van der Waals surface area contributed by atoms with Gasteiger partial charge in [-0.05, 0) is 43.5 Å². The van der Waals surface area contributed by atoms with Gasteiger partial charge in [0.25, 0.3) is 0 Å². The SMILES string of the molecule is CCCc1cc(C(=O)O)cc(NC2CCCN(Cc3ccccc3)C2)n1. The van der Waals surface area contributed by atoms with Crippen molar-refractivity contribution in [2.24, 2.45) is 0 Å². The van der Waals surface area contributed by atoms with Crippen molar-refractivity contribution in [3.8, 4) is 0 Å². The fourth-order valence-electron chi connectivity index (χ4n) is 3.54. The lowest BCUT2D eigenvalue weighted by atomic mass is 10.0. The van der Waals surface area contributed by atoms with Crippen LogP contribution in [0.2, 0.25) is 0 Å². The van der Waals surface area contributed by atoms with Gasteiger partial charge in [-0.15, -0.1) is 0 Å². The maximum absolute atomic E-state index is 11.4. The van der Waals surface area contributed by atoms with Gasteiger partial charge >= 0.3 is 5.97 Å². The molecule has 0 aliphatic carbocycles. The summed E-state index contributed by atoms with van der Waals surface area (Å²) in [6, 6.07) is 14.1. The van der Waals surface area contributed by atoms with Crippen LogP contribution in [-0.2, 0) is 13.0 Å². The number of nitrogens with one attached hydrogen (secondary N) is 1. The molecule has 0 bridgehead atoms. The minimum absolute atomic E-state index is 0.290. The standard InChI is InChI=1S/C21H27N3O2/c1-2-7-18-12-17(21(25)26)13-20(22-18)23-19-10-6-11-24(15-19)14-16-8-4-3-5-9-16/h3-5,8-9,12-13,19H,2,6-7,10-11,14-15H2,1H3,(H,22,23)(H,25,26). The Hall–Kier alpha value is -2.40. The van der Waals surface area contributed by atoms with Gasteiger partial charge in [0, 0.05) is 24.8 Å². The van der Waals surface area contributed by atoms with Crippen molar-refractivity contribution in [1.82, 2.24) is 9.88 Å². The molecule has 0 saturated carbocycles. The highest BCUT2D eigenvalue weighted by atomic mass is 16.4. The van der Waals surface area contributed by atoms with Crippen molar-refractivity contribution in [1.29, 1.82) is 0 Å². The summed E-state index contributed by atoms with van der Waals surface area (Å²) in [7, 11) is 0. The van der Waals surface area contributed by atoms with Gasteiger partial charge in [-0.25, -0.2) is 9.78 Å². The van der Waals surface area contributed by atoms with Crippen molar-refractivity contribution >= 4 is 11.8 Å². The van der Waals surface area contributed by atoms with Crippen LogP contribution in [0.15, 0.2) is 42.5 Å². The fraction of sp³-hybridized carbons (Fsp3) is 0.429. The summed E-state index contributed by atoms with van der Waals surface area (Å²) in [5, 5.41) is 12.8. The Balaban J connectivity index is 1.67. The third-order valence-corrected chi connectivity index (χ3v) is 4.74. The first-order valence-electron chi connectivity index (χ1n) is 9.41. The number of aryl methyl sites for hydroxylation is 1. The van der Waals surface area contributed by atoms with E-state index >= 15 is 0 Å². The maximum Gasteiger partial charge on any atom is 0.335 e. The van der Waals surface area contributed by atoms with Gasteiger partial charge in [-0.2, -0.15) is 0 Å². The average Bonchev–Trinajstić information content (AvgIpc) is 2.63. The number of carboxylic acid groups (broad SMARTS) is 1. The smallest absolute Gasteiger partial charge is 0.335 e. The van der Waals surface area contributed by atoms with E-state index in [9.17, 15) is 9.90 Å². The fourth-order valence-corrected chi connectivity index (χ4v) is 3.54. The Labute approximate surface area is 155 Å². The third kappa shape index (κ3) is 5.05. The molecule has 0 spiro atoms. The highest BCUT2D eigenvalue weighted by molar-refractivity contribution is 5.88. The van der Waals surface area contributed by atoms with Crippen LogP contribution in [-0.4, -0.2) is 40.1 Å². The van der Waals surface area contributed by atoms with E-state index in [1.807, 2.05) is 6.07 Å². The summed E-state index contributed by atoms with van der Waals surface area (Å²) in [6.07, 6.45) is 3.95. The van der Waals surface area contributed by atoms with Crippen LogP contribution >= 0.6 is 0 Å². The van der Waals surface area contributed by atoms with Crippen LogP contribution in [0.5, 0.6) is 0 Å². The molecule has 0 radical (unpaired) electrons. The van der Waals surface area contributed by atoms with Crippen molar-refractivity contribution in [3.63, 3.8) is 0 Å². The molecule has 1 aliphatic heterocycles. The third-order valence-electron chi connectivity index (χ3n) is 4.74. The number of anilines is 1. The Kier molecular flexibility index (Phi) is 6.23. The van der Waals surface area contributed by atoms with E-state index in [0.29, 0.717) is 17.4 Å². The predicted molar refractivity (Wildman–Crippen MR) is 104 cm³/mol. The first kappa shape index (κ1) is 18.4. The molecular weight excluding hydrogens is 326 g/mol. The zero-order valence-electron chi connectivity index (χ0n) is 15.3. The molecule has 1 atom stereocenters. The van der Waals surface area contributed by atoms with E-state index in [4.69, 9.17) is 0 Å². The van der Waals surface area contributed by atoms with Crippen molar-refractivity contribution in [3.05, 3.63) is 59.3 Å². The first-order valence-corrected chi connectivity index (χ1v) is 9.41. The van der Waals surface area contributed by atoms with Crippen LogP contribution in [0.4, 0.5) is 5.82 Å². The molecule has 1 unspecified atom stereocenters. The minimum atomic E-state index is -0.901. The van der Waals surface area contributed by atoms with Gasteiger partial charge in [0.15, 0.2) is 0 Å². The Morgan fingerprint density at radius 1 is 1.31 bits per heavy atom. The number of piperidine rings is 1. The number of benzene rings is 1. The van der Waals surface area contributed by atoms with Crippen molar-refractivity contribution in [2.45, 2.75) is 45.2 Å². The summed E-state index contributed by atoms with van der Waals surface area (Å²) in [4.78, 5) is 18.5. The lowest BCUT2D eigenvalue weighted by Gasteiger charge is -2.33. The second-order valence-corrected chi connectivity index (χ2v) is 6.99. The van der Waals surface area contributed by atoms with E-state index in [1.165, 1.54) is 5.56 Å². The van der Waals surface area contributed by atoms with Crippen LogP contribution in [0, 0.1) is 0 Å². The number of carboxylic acids is 1. The Morgan fingerprint density at radius 3 is 2.85 bits per heavy atom. The van der Waals surface area contributed by atoms with E-state index in [-0.39, 0.29) is 0 Å². The largest absolute Gasteiger partial charge is 0.478 e. The number of nitrogens with zero attached hydrogens (tertiary/aromatic N) is 2. The van der Waals surface area contributed by atoms with Crippen LogP contribution in [0.25, 0.3) is 0 Å². The second-order valence-electron chi connectivity index (χ2n) is 6.99. The quantitative estimate of drug-likeness (QED) is 0.792. The number of rotatable bonds is 7. The number of aromatic carboxylic acids is 1. The summed E-state index contributed by atoms with van der Waals surface area (Å²) >= 11 is 0. The Morgan fingerprint density at radius 2 is 2.12 bits per heavy atom. The molecule has 1 saturated heterocycles. The molecule has 1 aliphatic rings. The number of hydrogen-bond donors (Lipinski definition) is 2. The lowest BCUT2D eigenvalue weighted by Crippen LogP contribution is -2.41. The molecule has 5 nitrogen and oxygen atoms in total. The summed E-state index contributed by atoms with van der Waals surface area (Å²) in [5.41, 5.74) is 2.47. The lowest BCUT2D eigenvalue weighted by molar-refractivity contribution is 0.0696. The van der Waals surface area contributed by atoms with E-state index < -0.39 is 5.97 Å². The van der Waals surface area contributed by atoms with Crippen LogP contribution in [0.1, 0.15) is 47.8 Å². The van der Waals surface area contributed by atoms with Gasteiger partial charge in [0.05, 0.1) is 5.56 Å². The van der Waals surface area contributed by atoms with Gasteiger partial charge in [0.2, 0.25) is 0 Å². The van der Waals surface area contributed by atoms with Crippen molar-refractivity contribution < 1.29 is 9.90 Å². The van der Waals surface area contributed by atoms with Gasteiger partial charge in [-0.1, -0.05) is 43.7 Å². The molecule has 2 N–H and O–H groups in total. The highest BCUT2D eigenvalue weighted by Crippen LogP contribution is 2.19. The van der Waals surface area contributed by atoms with Crippen LogP contribution < -0.4 is 5.32 Å². The molecule has 1 aromatic carbocycles. The zero-order chi connectivity index (χ0) is 18.4. The molecule has 2 heterocycles. The molecule has 26 heavy (non-hydrogen) atoms. The number of likely N-dealkylation sites (tertiary alicyclic amines) is 1. The molecule has 3 rings (SSSR count). The van der Waals surface area contributed by atoms with Crippen LogP contribution in [0.3, 0.4) is 0 Å². The number of hydrogen-bond acceptors (Lipinski definition) is 4. The molecule has 1 aromatic heterocycles.